The third-order valence-electron chi connectivity index (χ3n) is 7.10. The first kappa shape index (κ1) is 18.9. The summed E-state index contributed by atoms with van der Waals surface area (Å²) in [6.07, 6.45) is 0. The molecule has 0 amide bonds. The normalized spacial score (nSPS) is 11.5. The fraction of sp³-hybridized carbons (Fsp3) is 0. The third-order valence-corrected chi connectivity index (χ3v) is 7.10. The molecular formula is C33H19N. The van der Waals surface area contributed by atoms with E-state index in [9.17, 15) is 5.26 Å². The topological polar surface area (TPSA) is 23.8 Å². The predicted molar refractivity (Wildman–Crippen MR) is 141 cm³/mol. The van der Waals surface area contributed by atoms with E-state index in [4.69, 9.17) is 0 Å². The van der Waals surface area contributed by atoms with Crippen LogP contribution >= 0.6 is 0 Å². The van der Waals surface area contributed by atoms with Crippen molar-refractivity contribution in [3.05, 3.63) is 121 Å². The molecule has 0 atom stereocenters. The van der Waals surface area contributed by atoms with Crippen LogP contribution in [0.3, 0.4) is 0 Å². The van der Waals surface area contributed by atoms with Gasteiger partial charge in [-0.25, -0.2) is 0 Å². The summed E-state index contributed by atoms with van der Waals surface area (Å²) in [4.78, 5) is 0. The smallest absolute Gasteiger partial charge is 0.0998 e. The van der Waals surface area contributed by atoms with E-state index in [1.807, 2.05) is 24.3 Å². The highest BCUT2D eigenvalue weighted by Crippen LogP contribution is 2.50. The summed E-state index contributed by atoms with van der Waals surface area (Å²) in [7, 11) is 0. The first-order chi connectivity index (χ1) is 16.8. The molecule has 0 bridgehead atoms. The highest BCUT2D eigenvalue weighted by atomic mass is 14.3. The van der Waals surface area contributed by atoms with Crippen LogP contribution in [0.2, 0.25) is 0 Å². The monoisotopic (exact) mass is 429 g/mol. The van der Waals surface area contributed by atoms with Crippen molar-refractivity contribution in [3.63, 3.8) is 0 Å². The summed E-state index contributed by atoms with van der Waals surface area (Å²) in [5.74, 6) is 0. The van der Waals surface area contributed by atoms with Gasteiger partial charge in [0.25, 0.3) is 0 Å². The zero-order valence-corrected chi connectivity index (χ0v) is 18.4. The third kappa shape index (κ3) is 2.54. The van der Waals surface area contributed by atoms with Gasteiger partial charge in [-0.05, 0) is 66.6 Å². The van der Waals surface area contributed by atoms with Crippen molar-refractivity contribution in [2.24, 2.45) is 0 Å². The van der Waals surface area contributed by atoms with Gasteiger partial charge in [0, 0.05) is 5.56 Å². The molecular weight excluding hydrogens is 410 g/mol. The second-order valence-electron chi connectivity index (χ2n) is 8.80. The number of benzene rings is 6. The summed E-state index contributed by atoms with van der Waals surface area (Å²) >= 11 is 0. The lowest BCUT2D eigenvalue weighted by Crippen LogP contribution is -1.90. The maximum Gasteiger partial charge on any atom is 0.0998 e. The van der Waals surface area contributed by atoms with Crippen LogP contribution in [0.15, 0.2) is 115 Å². The van der Waals surface area contributed by atoms with Crippen LogP contribution < -0.4 is 0 Å². The van der Waals surface area contributed by atoms with E-state index in [0.29, 0.717) is 5.56 Å². The predicted octanol–water partition coefficient (Wildman–Crippen LogP) is 8.85. The molecule has 6 aromatic rings. The van der Waals surface area contributed by atoms with Crippen LogP contribution in [-0.2, 0) is 0 Å². The molecule has 0 saturated heterocycles. The molecule has 6 aromatic carbocycles. The molecule has 0 N–H and O–H groups in total. The molecule has 7 rings (SSSR count). The van der Waals surface area contributed by atoms with Crippen molar-refractivity contribution in [1.29, 1.82) is 5.26 Å². The Morgan fingerprint density at radius 2 is 0.794 bits per heavy atom. The van der Waals surface area contributed by atoms with E-state index in [1.54, 1.807) is 0 Å². The van der Waals surface area contributed by atoms with Gasteiger partial charge in [0.1, 0.15) is 0 Å². The fourth-order valence-corrected chi connectivity index (χ4v) is 5.63. The highest BCUT2D eigenvalue weighted by molar-refractivity contribution is 6.20. The molecule has 0 unspecified atom stereocenters. The molecule has 156 valence electrons. The van der Waals surface area contributed by atoms with Gasteiger partial charge in [0.2, 0.25) is 0 Å². The van der Waals surface area contributed by atoms with Crippen LogP contribution in [0.25, 0.3) is 66.1 Å². The molecule has 0 spiro atoms. The largest absolute Gasteiger partial charge is 0.192 e. The average Bonchev–Trinajstić information content (AvgIpc) is 3.24. The van der Waals surface area contributed by atoms with Gasteiger partial charge in [-0.1, -0.05) is 109 Å². The Morgan fingerprint density at radius 3 is 1.47 bits per heavy atom. The Hall–Kier alpha value is -4.67. The van der Waals surface area contributed by atoms with E-state index < -0.39 is 0 Å². The first-order valence-electron chi connectivity index (χ1n) is 11.5. The summed E-state index contributed by atoms with van der Waals surface area (Å²) in [6.45, 7) is 0. The van der Waals surface area contributed by atoms with Crippen molar-refractivity contribution in [2.75, 3.05) is 0 Å². The van der Waals surface area contributed by atoms with E-state index in [-0.39, 0.29) is 0 Å². The molecule has 0 radical (unpaired) electrons. The Kier molecular flexibility index (Phi) is 3.98. The molecule has 1 nitrogen and oxygen atoms in total. The Bertz CT molecular complexity index is 1790. The zero-order valence-electron chi connectivity index (χ0n) is 18.4. The van der Waals surface area contributed by atoms with Crippen molar-refractivity contribution in [3.8, 4) is 50.6 Å². The zero-order chi connectivity index (χ0) is 22.6. The van der Waals surface area contributed by atoms with Gasteiger partial charge < -0.3 is 0 Å². The fourth-order valence-electron chi connectivity index (χ4n) is 5.63. The molecule has 0 fully saturated rings. The van der Waals surface area contributed by atoms with Gasteiger partial charge in [-0.3, -0.25) is 0 Å². The second-order valence-corrected chi connectivity index (χ2v) is 8.80. The minimum atomic E-state index is 0.698. The maximum absolute atomic E-state index is 9.69. The van der Waals surface area contributed by atoms with Gasteiger partial charge in [-0.15, -0.1) is 0 Å². The van der Waals surface area contributed by atoms with E-state index in [1.165, 1.54) is 49.5 Å². The minimum absolute atomic E-state index is 0.698. The number of hydrogen-bond acceptors (Lipinski definition) is 1. The number of nitrogens with zero attached hydrogens (tertiary/aromatic N) is 1. The molecule has 0 heterocycles. The second kappa shape index (κ2) is 7.17. The van der Waals surface area contributed by atoms with Crippen LogP contribution in [0.5, 0.6) is 0 Å². The van der Waals surface area contributed by atoms with Crippen LogP contribution in [0, 0.1) is 11.3 Å². The van der Waals surface area contributed by atoms with Gasteiger partial charge in [-0.2, -0.15) is 5.26 Å². The molecule has 34 heavy (non-hydrogen) atoms. The number of hydrogen-bond donors (Lipinski definition) is 0. The first-order valence-corrected chi connectivity index (χ1v) is 11.5. The highest BCUT2D eigenvalue weighted by Gasteiger charge is 2.22. The number of fused-ring (bicyclic) bond motifs is 4. The summed E-state index contributed by atoms with van der Waals surface area (Å²) in [5.41, 5.74) is 10.5. The Labute approximate surface area is 198 Å². The van der Waals surface area contributed by atoms with Crippen LogP contribution in [0.4, 0.5) is 0 Å². The molecule has 1 aliphatic rings. The number of rotatable bonds is 2. The van der Waals surface area contributed by atoms with Gasteiger partial charge in [0.15, 0.2) is 0 Å². The summed E-state index contributed by atoms with van der Waals surface area (Å²) in [6, 6.07) is 43.0. The maximum atomic E-state index is 9.69. The quantitative estimate of drug-likeness (QED) is 0.269. The Morgan fingerprint density at radius 1 is 0.353 bits per heavy atom. The van der Waals surface area contributed by atoms with E-state index in [2.05, 4.69) is 97.1 Å². The molecule has 1 heteroatoms. The van der Waals surface area contributed by atoms with Crippen molar-refractivity contribution in [2.45, 2.75) is 0 Å². The van der Waals surface area contributed by atoms with Crippen molar-refractivity contribution < 1.29 is 0 Å². The van der Waals surface area contributed by atoms with Crippen molar-refractivity contribution in [1.82, 2.24) is 0 Å². The van der Waals surface area contributed by atoms with Gasteiger partial charge in [0.05, 0.1) is 11.6 Å². The van der Waals surface area contributed by atoms with Gasteiger partial charge >= 0.3 is 0 Å². The average molecular weight is 430 g/mol. The van der Waals surface area contributed by atoms with E-state index in [0.717, 1.165) is 16.5 Å². The summed E-state index contributed by atoms with van der Waals surface area (Å²) < 4.78 is 0. The summed E-state index contributed by atoms with van der Waals surface area (Å²) in [5, 5.41) is 14.7. The lowest BCUT2D eigenvalue weighted by Gasteiger charge is -2.15. The molecule has 0 aromatic heterocycles. The SMILES string of the molecule is N#Cc1ccccc1-c1ccc(-c2ccc3c4c(cccc24)-c2ccccc2-3)c2ccccc12. The van der Waals surface area contributed by atoms with E-state index >= 15 is 0 Å². The minimum Gasteiger partial charge on any atom is -0.192 e. The van der Waals surface area contributed by atoms with Crippen molar-refractivity contribution >= 4 is 21.5 Å². The molecule has 0 saturated carbocycles. The molecule has 0 aliphatic heterocycles. The van der Waals surface area contributed by atoms with Crippen LogP contribution in [-0.4, -0.2) is 0 Å². The van der Waals surface area contributed by atoms with Crippen LogP contribution in [0.1, 0.15) is 5.56 Å². The lowest BCUT2D eigenvalue weighted by molar-refractivity contribution is 1.48. The molecule has 1 aliphatic carbocycles. The standard InChI is InChI=1S/C33H19N/c34-20-21-8-1-2-9-22(21)27-16-17-28(24-11-4-3-10-23(24)27)29-18-19-32-26-13-6-5-12-25(26)30-14-7-15-31(29)33(30)32/h1-19H. The Balaban J connectivity index is 1.53. The number of nitriles is 1. The lowest BCUT2D eigenvalue weighted by atomic mass is 9.88.